The molecular formula is C22H25Cl2F3N4O5. The van der Waals surface area contributed by atoms with Crippen LogP contribution in [0.1, 0.15) is 38.2 Å². The molecule has 198 valence electrons. The zero-order valence-corrected chi connectivity index (χ0v) is 20.2. The fourth-order valence-electron chi connectivity index (χ4n) is 2.98. The summed E-state index contributed by atoms with van der Waals surface area (Å²) in [6.07, 6.45) is -5.39. The van der Waals surface area contributed by atoms with E-state index in [0.717, 1.165) is 18.2 Å². The average molecular weight is 553 g/mol. The molecule has 2 aromatic carbocycles. The minimum atomic E-state index is -5.14. The molecule has 14 heteroatoms. The predicted octanol–water partition coefficient (Wildman–Crippen LogP) is 4.11. The van der Waals surface area contributed by atoms with Gasteiger partial charge in [0, 0.05) is 29.8 Å². The Morgan fingerprint density at radius 1 is 1.06 bits per heavy atom. The number of carbonyl (C=O) groups is 4. The van der Waals surface area contributed by atoms with E-state index in [4.69, 9.17) is 33.7 Å². The van der Waals surface area contributed by atoms with Crippen LogP contribution in [0.3, 0.4) is 0 Å². The summed E-state index contributed by atoms with van der Waals surface area (Å²) in [4.78, 5) is 48.1. The molecule has 0 radical (unpaired) electrons. The van der Waals surface area contributed by atoms with Gasteiger partial charge in [0.25, 0.3) is 5.91 Å². The van der Waals surface area contributed by atoms with Crippen LogP contribution >= 0.6 is 23.2 Å². The first-order valence-corrected chi connectivity index (χ1v) is 11.0. The van der Waals surface area contributed by atoms with Gasteiger partial charge >= 0.3 is 18.1 Å². The summed E-state index contributed by atoms with van der Waals surface area (Å²) in [5.74, 6) is -4.40. The second kappa shape index (κ2) is 12.5. The van der Waals surface area contributed by atoms with E-state index in [1.807, 2.05) is 0 Å². The van der Waals surface area contributed by atoms with E-state index in [-0.39, 0.29) is 42.9 Å². The van der Waals surface area contributed by atoms with Gasteiger partial charge in [-0.25, -0.2) is 0 Å². The van der Waals surface area contributed by atoms with Crippen LogP contribution in [0.15, 0.2) is 36.4 Å². The molecule has 0 saturated carbocycles. The number of halogens is 5. The summed E-state index contributed by atoms with van der Waals surface area (Å²) in [6.45, 7) is 1.18. The summed E-state index contributed by atoms with van der Waals surface area (Å²) in [6, 6.07) is 6.72. The van der Waals surface area contributed by atoms with Crippen molar-refractivity contribution in [3.8, 4) is 0 Å². The van der Waals surface area contributed by atoms with E-state index < -0.39 is 42.5 Å². The van der Waals surface area contributed by atoms with Crippen LogP contribution in [0, 0.1) is 0 Å². The molecule has 2 aromatic rings. The van der Waals surface area contributed by atoms with Crippen molar-refractivity contribution < 1.29 is 39.9 Å². The Kier molecular flexibility index (Phi) is 9.93. The largest absolute Gasteiger partial charge is 0.471 e. The first kappa shape index (κ1) is 28.7. The monoisotopic (exact) mass is 552 g/mol. The minimum absolute atomic E-state index is 0. The Labute approximate surface area is 216 Å². The lowest BCUT2D eigenvalue weighted by atomic mass is 10.0. The highest BCUT2D eigenvalue weighted by Gasteiger charge is 2.38. The van der Waals surface area contributed by atoms with E-state index in [2.05, 4.69) is 10.6 Å². The lowest BCUT2D eigenvalue weighted by molar-refractivity contribution is -0.167. The molecule has 3 amide bonds. The highest BCUT2D eigenvalue weighted by Crippen LogP contribution is 2.26. The quantitative estimate of drug-likeness (QED) is 0.272. The van der Waals surface area contributed by atoms with Crippen molar-refractivity contribution in [3.63, 3.8) is 0 Å². The Bertz CT molecular complexity index is 1150. The predicted molar refractivity (Wildman–Crippen MR) is 131 cm³/mol. The van der Waals surface area contributed by atoms with Crippen LogP contribution in [0.5, 0.6) is 0 Å². The number of alkyl halides is 3. The van der Waals surface area contributed by atoms with Crippen molar-refractivity contribution >= 4 is 58.3 Å². The molecule has 0 heterocycles. The van der Waals surface area contributed by atoms with Crippen LogP contribution in [0.2, 0.25) is 10.0 Å². The van der Waals surface area contributed by atoms with Crippen molar-refractivity contribution in [2.45, 2.75) is 25.6 Å². The van der Waals surface area contributed by atoms with E-state index in [9.17, 15) is 32.3 Å². The van der Waals surface area contributed by atoms with Gasteiger partial charge in [-0.05, 0) is 48.9 Å². The standard InChI is InChI=1S/C22H21Cl2F3N4O5.2H2/c1-2-36-19(33)9-17(11-3-13(23)7-14(24)4-11)31-18(32)10-29-20(34)12-5-15(28)8-16(6-12)30-21(35)22(25,26)27;;/h3-8,17H,2,9-10,28H2,1H3,(H,29,34)(H,30,35)(H,31,32);2*1H. The minimum Gasteiger partial charge on any atom is -0.466 e. The van der Waals surface area contributed by atoms with Crippen molar-refractivity contribution in [1.29, 1.82) is 0 Å². The summed E-state index contributed by atoms with van der Waals surface area (Å²) < 4.78 is 42.4. The van der Waals surface area contributed by atoms with Crippen LogP contribution in [-0.2, 0) is 19.1 Å². The number of nitrogen functional groups attached to an aromatic ring is 1. The Morgan fingerprint density at radius 2 is 1.69 bits per heavy atom. The molecule has 36 heavy (non-hydrogen) atoms. The maximum absolute atomic E-state index is 12.5. The van der Waals surface area contributed by atoms with Gasteiger partial charge in [-0.1, -0.05) is 23.2 Å². The number of esters is 1. The molecule has 0 aliphatic heterocycles. The van der Waals surface area contributed by atoms with Gasteiger partial charge in [0.2, 0.25) is 5.91 Å². The topological polar surface area (TPSA) is 140 Å². The molecule has 2 rings (SSSR count). The smallest absolute Gasteiger partial charge is 0.466 e. The molecule has 0 saturated heterocycles. The summed E-state index contributed by atoms with van der Waals surface area (Å²) in [5, 5.41) is 6.99. The molecule has 0 aliphatic rings. The van der Waals surface area contributed by atoms with Gasteiger partial charge in [0.05, 0.1) is 25.6 Å². The Morgan fingerprint density at radius 3 is 2.28 bits per heavy atom. The van der Waals surface area contributed by atoms with Gasteiger partial charge in [-0.15, -0.1) is 0 Å². The second-order valence-electron chi connectivity index (χ2n) is 7.31. The molecule has 0 aromatic heterocycles. The van der Waals surface area contributed by atoms with E-state index in [1.165, 1.54) is 18.2 Å². The Hall–Kier alpha value is -3.51. The highest BCUT2D eigenvalue weighted by atomic mass is 35.5. The summed E-state index contributed by atoms with van der Waals surface area (Å²) in [7, 11) is 0. The van der Waals surface area contributed by atoms with Crippen molar-refractivity contribution in [1.82, 2.24) is 10.6 Å². The van der Waals surface area contributed by atoms with Gasteiger partial charge in [-0.2, -0.15) is 13.2 Å². The number of ether oxygens (including phenoxy) is 1. The number of anilines is 2. The molecule has 1 unspecified atom stereocenters. The molecule has 0 bridgehead atoms. The van der Waals surface area contributed by atoms with Gasteiger partial charge < -0.3 is 26.4 Å². The maximum Gasteiger partial charge on any atom is 0.471 e. The van der Waals surface area contributed by atoms with Crippen LogP contribution in [0.25, 0.3) is 0 Å². The molecule has 5 N–H and O–H groups in total. The van der Waals surface area contributed by atoms with Crippen molar-refractivity contribution in [2.75, 3.05) is 24.2 Å². The Balaban J connectivity index is 0.00000684. The number of carbonyl (C=O) groups excluding carboxylic acids is 4. The molecule has 0 aliphatic carbocycles. The number of rotatable bonds is 9. The zero-order valence-electron chi connectivity index (χ0n) is 18.7. The van der Waals surface area contributed by atoms with E-state index >= 15 is 0 Å². The SMILES string of the molecule is CCOC(=O)CC(NC(=O)CNC(=O)c1cc(N)cc(NC(=O)C(F)(F)F)c1)c1cc(Cl)cc(Cl)c1.[HH].[HH]. The lowest BCUT2D eigenvalue weighted by Gasteiger charge is -2.19. The van der Waals surface area contributed by atoms with Gasteiger partial charge in [0.15, 0.2) is 0 Å². The molecule has 9 nitrogen and oxygen atoms in total. The van der Waals surface area contributed by atoms with Crippen molar-refractivity contribution in [2.24, 2.45) is 0 Å². The molecule has 0 spiro atoms. The fraction of sp³-hybridized carbons (Fsp3) is 0.273. The molecule has 0 fully saturated rings. The third kappa shape index (κ3) is 8.93. The van der Waals surface area contributed by atoms with Crippen LogP contribution in [-0.4, -0.2) is 43.0 Å². The first-order valence-electron chi connectivity index (χ1n) is 10.3. The summed E-state index contributed by atoms with van der Waals surface area (Å²) in [5.41, 5.74) is 5.36. The number of hydrogen-bond acceptors (Lipinski definition) is 6. The number of nitrogens with two attached hydrogens (primary N) is 1. The number of amides is 3. The normalized spacial score (nSPS) is 11.8. The van der Waals surface area contributed by atoms with Gasteiger partial charge in [0.1, 0.15) is 0 Å². The zero-order chi connectivity index (χ0) is 27.0. The second-order valence-corrected chi connectivity index (χ2v) is 8.18. The third-order valence-corrected chi connectivity index (χ3v) is 4.88. The van der Waals surface area contributed by atoms with E-state index in [1.54, 1.807) is 12.2 Å². The van der Waals surface area contributed by atoms with Gasteiger partial charge in [-0.3, -0.25) is 19.2 Å². The summed E-state index contributed by atoms with van der Waals surface area (Å²) >= 11 is 12.0. The number of nitrogens with one attached hydrogen (secondary N) is 3. The first-order chi connectivity index (χ1) is 16.8. The molecule has 1 atom stereocenters. The lowest BCUT2D eigenvalue weighted by Crippen LogP contribution is -2.39. The fourth-order valence-corrected chi connectivity index (χ4v) is 3.52. The van der Waals surface area contributed by atoms with Crippen molar-refractivity contribution in [3.05, 3.63) is 57.6 Å². The maximum atomic E-state index is 12.5. The highest BCUT2D eigenvalue weighted by molar-refractivity contribution is 6.34. The van der Waals surface area contributed by atoms with Crippen LogP contribution in [0.4, 0.5) is 24.5 Å². The van der Waals surface area contributed by atoms with E-state index in [0.29, 0.717) is 5.56 Å². The number of benzene rings is 2. The molecular weight excluding hydrogens is 528 g/mol. The van der Waals surface area contributed by atoms with Crippen LogP contribution < -0.4 is 21.7 Å². The average Bonchev–Trinajstić information content (AvgIpc) is 2.75. The third-order valence-electron chi connectivity index (χ3n) is 4.44. The number of hydrogen-bond donors (Lipinski definition) is 4.